The van der Waals surface area contributed by atoms with E-state index < -0.39 is 0 Å². The number of aryl methyl sites for hydroxylation is 2. The van der Waals surface area contributed by atoms with Crippen LogP contribution in [0, 0.1) is 6.92 Å². The van der Waals surface area contributed by atoms with Crippen LogP contribution in [0.25, 0.3) is 0 Å². The lowest BCUT2D eigenvalue weighted by atomic mass is 10.4. The van der Waals surface area contributed by atoms with Crippen molar-refractivity contribution < 1.29 is 0 Å². The predicted molar refractivity (Wildman–Crippen MR) is 42.1 cm³/mol. The zero-order valence-electron chi connectivity index (χ0n) is 6.68. The molecule has 3 nitrogen and oxygen atoms in total. The first-order chi connectivity index (χ1) is 4.74. The summed E-state index contributed by atoms with van der Waals surface area (Å²) in [4.78, 5) is 0. The standard InChI is InChI=1S/C7H13N3/c1-4-8-7-6(2)5-10(3)9-7/h5H,4H2,1-3H3,(H,8,9). The Labute approximate surface area is 61.0 Å². The highest BCUT2D eigenvalue weighted by Gasteiger charge is 1.98. The van der Waals surface area contributed by atoms with Gasteiger partial charge in [-0.1, -0.05) is 0 Å². The molecule has 0 radical (unpaired) electrons. The highest BCUT2D eigenvalue weighted by atomic mass is 15.3. The molecule has 1 N–H and O–H groups in total. The monoisotopic (exact) mass is 139 g/mol. The van der Waals surface area contributed by atoms with E-state index in [0.717, 1.165) is 12.4 Å². The van der Waals surface area contributed by atoms with Gasteiger partial charge >= 0.3 is 0 Å². The summed E-state index contributed by atoms with van der Waals surface area (Å²) in [7, 11) is 1.92. The Kier molecular flexibility index (Phi) is 1.94. The average Bonchev–Trinajstić information content (AvgIpc) is 2.13. The molecule has 3 heteroatoms. The quantitative estimate of drug-likeness (QED) is 0.666. The number of nitrogens with zero attached hydrogens (tertiary/aromatic N) is 2. The fraction of sp³-hybridized carbons (Fsp3) is 0.571. The molecule has 1 aromatic heterocycles. The summed E-state index contributed by atoms with van der Waals surface area (Å²) >= 11 is 0. The number of hydrogen-bond donors (Lipinski definition) is 1. The topological polar surface area (TPSA) is 29.9 Å². The van der Waals surface area contributed by atoms with Gasteiger partial charge in [-0.3, -0.25) is 4.68 Å². The van der Waals surface area contributed by atoms with Crippen molar-refractivity contribution >= 4 is 5.82 Å². The van der Waals surface area contributed by atoms with E-state index >= 15 is 0 Å². The van der Waals surface area contributed by atoms with Gasteiger partial charge in [0.2, 0.25) is 0 Å². The molecule has 0 spiro atoms. The normalized spacial score (nSPS) is 9.90. The van der Waals surface area contributed by atoms with Crippen LogP contribution in [-0.2, 0) is 7.05 Å². The summed E-state index contributed by atoms with van der Waals surface area (Å²) in [5, 5.41) is 7.37. The Balaban J connectivity index is 2.81. The first-order valence-corrected chi connectivity index (χ1v) is 3.48. The van der Waals surface area contributed by atoms with Gasteiger partial charge in [-0.25, -0.2) is 0 Å². The largest absolute Gasteiger partial charge is 0.369 e. The van der Waals surface area contributed by atoms with Crippen LogP contribution in [0.1, 0.15) is 12.5 Å². The Morgan fingerprint density at radius 3 is 2.80 bits per heavy atom. The van der Waals surface area contributed by atoms with Gasteiger partial charge in [0.15, 0.2) is 5.82 Å². The van der Waals surface area contributed by atoms with Crippen molar-refractivity contribution in [3.8, 4) is 0 Å². The molecular formula is C7H13N3. The van der Waals surface area contributed by atoms with Crippen LogP contribution in [0.4, 0.5) is 5.82 Å². The number of aromatic nitrogens is 2. The Morgan fingerprint density at radius 1 is 1.70 bits per heavy atom. The molecule has 0 aliphatic heterocycles. The second kappa shape index (κ2) is 2.73. The van der Waals surface area contributed by atoms with Gasteiger partial charge in [0.25, 0.3) is 0 Å². The summed E-state index contributed by atoms with van der Waals surface area (Å²) in [5.74, 6) is 0.991. The summed E-state index contributed by atoms with van der Waals surface area (Å²) in [6, 6.07) is 0. The minimum Gasteiger partial charge on any atom is -0.369 e. The third-order valence-electron chi connectivity index (χ3n) is 1.36. The summed E-state index contributed by atoms with van der Waals surface area (Å²) in [6.45, 7) is 5.04. The van der Waals surface area contributed by atoms with E-state index in [2.05, 4.69) is 17.3 Å². The molecule has 0 amide bonds. The fourth-order valence-electron chi connectivity index (χ4n) is 0.949. The van der Waals surface area contributed by atoms with Crippen LogP contribution in [0.2, 0.25) is 0 Å². The van der Waals surface area contributed by atoms with Gasteiger partial charge in [0, 0.05) is 25.4 Å². The minimum absolute atomic E-state index is 0.928. The van der Waals surface area contributed by atoms with Crippen LogP contribution >= 0.6 is 0 Å². The maximum absolute atomic E-state index is 4.21. The molecule has 1 aromatic rings. The second-order valence-electron chi connectivity index (χ2n) is 2.36. The zero-order valence-corrected chi connectivity index (χ0v) is 6.68. The van der Waals surface area contributed by atoms with E-state index in [1.165, 1.54) is 5.56 Å². The third kappa shape index (κ3) is 1.29. The number of rotatable bonds is 2. The highest BCUT2D eigenvalue weighted by Crippen LogP contribution is 2.08. The number of nitrogens with one attached hydrogen (secondary N) is 1. The van der Waals surface area contributed by atoms with Gasteiger partial charge in [-0.2, -0.15) is 5.10 Å². The molecule has 10 heavy (non-hydrogen) atoms. The van der Waals surface area contributed by atoms with Gasteiger partial charge in [-0.15, -0.1) is 0 Å². The van der Waals surface area contributed by atoms with Crippen LogP contribution < -0.4 is 5.32 Å². The molecule has 56 valence electrons. The Morgan fingerprint density at radius 2 is 2.40 bits per heavy atom. The van der Waals surface area contributed by atoms with Gasteiger partial charge < -0.3 is 5.32 Å². The van der Waals surface area contributed by atoms with Crippen molar-refractivity contribution in [2.24, 2.45) is 7.05 Å². The lowest BCUT2D eigenvalue weighted by Crippen LogP contribution is -1.99. The van der Waals surface area contributed by atoms with E-state index in [1.54, 1.807) is 0 Å². The van der Waals surface area contributed by atoms with E-state index in [-0.39, 0.29) is 0 Å². The van der Waals surface area contributed by atoms with Crippen LogP contribution in [0.3, 0.4) is 0 Å². The smallest absolute Gasteiger partial charge is 0.150 e. The van der Waals surface area contributed by atoms with Crippen LogP contribution in [0.15, 0.2) is 6.20 Å². The maximum Gasteiger partial charge on any atom is 0.150 e. The average molecular weight is 139 g/mol. The lowest BCUT2D eigenvalue weighted by Gasteiger charge is -1.96. The molecule has 0 unspecified atom stereocenters. The molecule has 0 aliphatic carbocycles. The van der Waals surface area contributed by atoms with Crippen molar-refractivity contribution in [3.05, 3.63) is 11.8 Å². The highest BCUT2D eigenvalue weighted by molar-refractivity contribution is 5.41. The zero-order chi connectivity index (χ0) is 7.56. The third-order valence-corrected chi connectivity index (χ3v) is 1.36. The van der Waals surface area contributed by atoms with Crippen molar-refractivity contribution in [2.45, 2.75) is 13.8 Å². The molecular weight excluding hydrogens is 126 g/mol. The molecule has 1 heterocycles. The Hall–Kier alpha value is -0.990. The molecule has 0 aromatic carbocycles. The fourth-order valence-corrected chi connectivity index (χ4v) is 0.949. The summed E-state index contributed by atoms with van der Waals surface area (Å²) in [6.07, 6.45) is 2.00. The minimum atomic E-state index is 0.928. The molecule has 0 bridgehead atoms. The van der Waals surface area contributed by atoms with Crippen LogP contribution in [0.5, 0.6) is 0 Å². The first-order valence-electron chi connectivity index (χ1n) is 3.48. The van der Waals surface area contributed by atoms with Gasteiger partial charge in [0.05, 0.1) is 0 Å². The molecule has 0 fully saturated rings. The SMILES string of the molecule is CCNc1nn(C)cc1C. The maximum atomic E-state index is 4.21. The first kappa shape index (κ1) is 7.12. The molecule has 0 aliphatic rings. The van der Waals surface area contributed by atoms with Crippen molar-refractivity contribution in [3.63, 3.8) is 0 Å². The van der Waals surface area contributed by atoms with E-state index in [0.29, 0.717) is 0 Å². The lowest BCUT2D eigenvalue weighted by molar-refractivity contribution is 0.768. The molecule has 1 rings (SSSR count). The molecule has 0 saturated heterocycles. The summed E-state index contributed by atoms with van der Waals surface area (Å²) in [5.41, 5.74) is 1.20. The van der Waals surface area contributed by atoms with Gasteiger partial charge in [0.1, 0.15) is 0 Å². The molecule has 0 atom stereocenters. The van der Waals surface area contributed by atoms with Crippen molar-refractivity contribution in [1.82, 2.24) is 9.78 Å². The van der Waals surface area contributed by atoms with Crippen molar-refractivity contribution in [1.29, 1.82) is 0 Å². The van der Waals surface area contributed by atoms with E-state index in [9.17, 15) is 0 Å². The second-order valence-corrected chi connectivity index (χ2v) is 2.36. The summed E-state index contributed by atoms with van der Waals surface area (Å²) < 4.78 is 1.81. The van der Waals surface area contributed by atoms with Crippen LogP contribution in [-0.4, -0.2) is 16.3 Å². The number of anilines is 1. The van der Waals surface area contributed by atoms with E-state index in [1.807, 2.05) is 24.9 Å². The van der Waals surface area contributed by atoms with Crippen molar-refractivity contribution in [2.75, 3.05) is 11.9 Å². The Bertz CT molecular complexity index is 215. The molecule has 0 saturated carbocycles. The van der Waals surface area contributed by atoms with E-state index in [4.69, 9.17) is 0 Å². The number of hydrogen-bond acceptors (Lipinski definition) is 2. The van der Waals surface area contributed by atoms with Gasteiger partial charge in [-0.05, 0) is 13.8 Å². The predicted octanol–water partition coefficient (Wildman–Crippen LogP) is 1.16.